The minimum absolute atomic E-state index is 0.0812. The van der Waals surface area contributed by atoms with Crippen molar-refractivity contribution in [2.45, 2.75) is 55.3 Å². The van der Waals surface area contributed by atoms with E-state index in [4.69, 9.17) is 10.5 Å². The Labute approximate surface area is 230 Å². The van der Waals surface area contributed by atoms with Gasteiger partial charge in [0.05, 0.1) is 28.9 Å². The molecule has 0 spiro atoms. The van der Waals surface area contributed by atoms with Gasteiger partial charge in [0.2, 0.25) is 10.0 Å². The topological polar surface area (TPSA) is 185 Å². The van der Waals surface area contributed by atoms with Gasteiger partial charge < -0.3 is 15.3 Å². The van der Waals surface area contributed by atoms with Crippen LogP contribution in [0.15, 0.2) is 41.9 Å². The Morgan fingerprint density at radius 1 is 1.24 bits per heavy atom. The van der Waals surface area contributed by atoms with Crippen LogP contribution in [0.2, 0.25) is 0 Å². The molecule has 41 heavy (non-hydrogen) atoms. The van der Waals surface area contributed by atoms with Gasteiger partial charge in [-0.25, -0.2) is 37.7 Å². The first kappa shape index (κ1) is 28.2. The number of hydroxylamine groups is 2. The van der Waals surface area contributed by atoms with Crippen molar-refractivity contribution in [3.63, 3.8) is 0 Å². The molecule has 3 aromatic rings. The molecule has 218 valence electrons. The lowest BCUT2D eigenvalue weighted by atomic mass is 9.44. The Bertz CT molecular complexity index is 1610. The largest absolute Gasteiger partial charge is 0.493 e. The minimum atomic E-state index is -5.35. The third-order valence-corrected chi connectivity index (χ3v) is 8.41. The van der Waals surface area contributed by atoms with Gasteiger partial charge in [-0.3, -0.25) is 0 Å². The number of hydrogen-bond donors (Lipinski definition) is 2. The molecule has 0 atom stereocenters. The van der Waals surface area contributed by atoms with E-state index in [-0.39, 0.29) is 47.5 Å². The third kappa shape index (κ3) is 5.03. The Balaban J connectivity index is 1.35. The molecule has 3 aliphatic rings. The van der Waals surface area contributed by atoms with Crippen LogP contribution < -0.4 is 10.5 Å². The van der Waals surface area contributed by atoms with Crippen LogP contribution in [0.5, 0.6) is 0 Å². The minimum Gasteiger partial charge on any atom is -0.448 e. The number of sulfonamides is 1. The first-order valence-corrected chi connectivity index (χ1v) is 13.6. The van der Waals surface area contributed by atoms with Crippen molar-refractivity contribution in [1.82, 2.24) is 34.5 Å². The molecule has 1 aromatic carbocycles. The number of aryl methyl sites for hydroxylation is 1. The predicted octanol–water partition coefficient (Wildman–Crippen LogP) is 2.05. The van der Waals surface area contributed by atoms with E-state index in [1.54, 1.807) is 13.0 Å². The van der Waals surface area contributed by atoms with Gasteiger partial charge in [-0.1, -0.05) is 6.07 Å². The quantitative estimate of drug-likeness (QED) is 0.381. The monoisotopic (exact) mass is 596 g/mol. The van der Waals surface area contributed by atoms with Crippen LogP contribution in [0, 0.1) is 6.92 Å². The molecule has 6 rings (SSSR count). The Morgan fingerprint density at radius 2 is 1.95 bits per heavy atom. The fourth-order valence-electron chi connectivity index (χ4n) is 5.10. The first-order valence-electron chi connectivity index (χ1n) is 12.1. The number of amides is 1. The summed E-state index contributed by atoms with van der Waals surface area (Å²) in [6, 6.07) is 4.38. The van der Waals surface area contributed by atoms with Gasteiger partial charge in [0.1, 0.15) is 12.7 Å². The third-order valence-electron chi connectivity index (χ3n) is 6.84. The molecule has 2 heterocycles. The molecular weight excluding hydrogens is 573 g/mol. The maximum absolute atomic E-state index is 13.4. The van der Waals surface area contributed by atoms with Crippen molar-refractivity contribution in [2.75, 3.05) is 12.3 Å². The van der Waals surface area contributed by atoms with E-state index in [0.29, 0.717) is 16.8 Å². The van der Waals surface area contributed by atoms with Crippen molar-refractivity contribution >= 4 is 27.9 Å². The highest BCUT2D eigenvalue weighted by atomic mass is 32.2. The molecule has 14 nitrogen and oxygen atoms in total. The van der Waals surface area contributed by atoms with E-state index in [1.165, 1.54) is 42.6 Å². The number of nitrogens with zero attached hydrogens (tertiary/aromatic N) is 6. The summed E-state index contributed by atoms with van der Waals surface area (Å²) in [6.45, 7) is 3.01. The Hall–Kier alpha value is -4.32. The summed E-state index contributed by atoms with van der Waals surface area (Å²) < 4.78 is 73.8. The lowest BCUT2D eigenvalue weighted by Crippen LogP contribution is -2.84. The fraction of sp³-hybridized carbons (Fsp3) is 0.391. The SMILES string of the molecule is CCOC(=O)N(OC(=O)C(F)(F)F)C12CC(NS(=O)(=O)c3ccc(C)c(-c4cnc(N)c(-n5cncn5)n4)c3)(C1)C2. The zero-order chi connectivity index (χ0) is 29.8. The van der Waals surface area contributed by atoms with Crippen LogP contribution in [0.1, 0.15) is 31.7 Å². The number of nitrogen functional groups attached to an aromatic ring is 1. The average Bonchev–Trinajstić information content (AvgIpc) is 3.39. The maximum atomic E-state index is 13.4. The number of rotatable bonds is 7. The van der Waals surface area contributed by atoms with Gasteiger partial charge in [-0.15, -0.1) is 5.06 Å². The van der Waals surface area contributed by atoms with Crippen LogP contribution in [0.25, 0.3) is 17.1 Å². The summed E-state index contributed by atoms with van der Waals surface area (Å²) in [5, 5.41) is 4.25. The van der Waals surface area contributed by atoms with E-state index in [9.17, 15) is 31.2 Å². The molecule has 3 saturated carbocycles. The number of alkyl halides is 3. The number of carbonyl (C=O) groups is 2. The standard InChI is InChI=1S/C23H23F3N8O6S/c1-3-39-20(36)34(40-19(35)23(24,25)26)22-8-21(9-22,10-22)32-41(37,38)14-5-4-13(2)15(6-14)16-7-29-17(27)18(31-16)33-12-28-11-30-33/h4-7,11-12,32H,3,8-10H2,1-2H3,(H2,27,29). The van der Waals surface area contributed by atoms with E-state index in [0.717, 1.165) is 0 Å². The van der Waals surface area contributed by atoms with Crippen LogP contribution in [-0.4, -0.2) is 74.1 Å². The van der Waals surface area contributed by atoms with E-state index in [1.807, 2.05) is 0 Å². The summed E-state index contributed by atoms with van der Waals surface area (Å²) in [6.07, 6.45) is -2.84. The molecule has 3 fully saturated rings. The van der Waals surface area contributed by atoms with Crippen LogP contribution in [-0.2, 0) is 24.4 Å². The highest BCUT2D eigenvalue weighted by Crippen LogP contribution is 2.64. The fourth-order valence-corrected chi connectivity index (χ4v) is 6.52. The smallest absolute Gasteiger partial charge is 0.448 e. The van der Waals surface area contributed by atoms with Gasteiger partial charge in [-0.2, -0.15) is 23.0 Å². The van der Waals surface area contributed by atoms with Gasteiger partial charge in [-0.05, 0) is 50.8 Å². The second kappa shape index (κ2) is 9.65. The number of ether oxygens (including phenoxy) is 1. The highest BCUT2D eigenvalue weighted by molar-refractivity contribution is 7.89. The molecule has 18 heteroatoms. The van der Waals surface area contributed by atoms with Crippen LogP contribution in [0.4, 0.5) is 23.8 Å². The molecular formula is C23H23F3N8O6S. The van der Waals surface area contributed by atoms with E-state index < -0.39 is 39.3 Å². The number of carbonyl (C=O) groups excluding carboxylic acids is 2. The highest BCUT2D eigenvalue weighted by Gasteiger charge is 2.75. The van der Waals surface area contributed by atoms with E-state index in [2.05, 4.69) is 29.6 Å². The normalized spacial score (nSPS) is 21.4. The molecule has 0 unspecified atom stereocenters. The van der Waals surface area contributed by atoms with Gasteiger partial charge in [0, 0.05) is 11.1 Å². The molecule has 2 bridgehead atoms. The molecule has 0 saturated heterocycles. The number of halogens is 3. The van der Waals surface area contributed by atoms with Gasteiger partial charge in [0.25, 0.3) is 0 Å². The van der Waals surface area contributed by atoms with Crippen LogP contribution >= 0.6 is 0 Å². The number of anilines is 1. The summed E-state index contributed by atoms with van der Waals surface area (Å²) in [7, 11) is -4.15. The van der Waals surface area contributed by atoms with Crippen molar-refractivity contribution in [2.24, 2.45) is 0 Å². The molecule has 2 aromatic heterocycles. The first-order chi connectivity index (χ1) is 19.2. The van der Waals surface area contributed by atoms with Crippen molar-refractivity contribution in [3.05, 3.63) is 42.6 Å². The van der Waals surface area contributed by atoms with Gasteiger partial charge in [0.15, 0.2) is 11.6 Å². The number of hydrogen-bond acceptors (Lipinski definition) is 11. The molecule has 3 N–H and O–H groups in total. The maximum Gasteiger partial charge on any atom is 0.493 e. The van der Waals surface area contributed by atoms with Crippen LogP contribution in [0.3, 0.4) is 0 Å². The lowest BCUT2D eigenvalue weighted by Gasteiger charge is -2.70. The molecule has 0 aliphatic heterocycles. The Kier molecular flexibility index (Phi) is 6.64. The number of benzene rings is 1. The molecule has 1 amide bonds. The van der Waals surface area contributed by atoms with Gasteiger partial charge >= 0.3 is 18.2 Å². The van der Waals surface area contributed by atoms with Crippen molar-refractivity contribution in [3.8, 4) is 17.1 Å². The molecule has 3 aliphatic carbocycles. The average molecular weight is 597 g/mol. The second-order valence-electron chi connectivity index (χ2n) is 9.79. The predicted molar refractivity (Wildman–Crippen MR) is 132 cm³/mol. The summed E-state index contributed by atoms with van der Waals surface area (Å²) in [4.78, 5) is 40.4. The number of aromatic nitrogens is 5. The van der Waals surface area contributed by atoms with Crippen molar-refractivity contribution < 1.29 is 40.8 Å². The number of nitrogens with two attached hydrogens (primary N) is 1. The zero-order valence-electron chi connectivity index (χ0n) is 21.5. The number of nitrogens with one attached hydrogen (secondary N) is 1. The summed E-state index contributed by atoms with van der Waals surface area (Å²) >= 11 is 0. The van der Waals surface area contributed by atoms with Crippen molar-refractivity contribution in [1.29, 1.82) is 0 Å². The summed E-state index contributed by atoms with van der Waals surface area (Å²) in [5.74, 6) is -2.31. The molecule has 0 radical (unpaired) electrons. The van der Waals surface area contributed by atoms with E-state index >= 15 is 0 Å². The zero-order valence-corrected chi connectivity index (χ0v) is 22.4. The second-order valence-corrected chi connectivity index (χ2v) is 11.5. The lowest BCUT2D eigenvalue weighted by molar-refractivity contribution is -0.295. The summed E-state index contributed by atoms with van der Waals surface area (Å²) in [5.41, 5.74) is 5.00. The Morgan fingerprint density at radius 3 is 2.56 bits per heavy atom.